The number of hydrogen-bond acceptors (Lipinski definition) is 3. The standard InChI is InChI=1S/C23H24N2O3/c1-2-17-5-7-18(8-6-17)11-14-22(26)24-16-19-9-12-20(13-10-19)25-23(27)21-4-3-15-28-21/h3-10,12-13,15H,2,11,14,16H2,1H3,(H,24,26)(H,25,27). The molecule has 2 N–H and O–H groups in total. The maximum atomic E-state index is 12.1. The zero-order valence-corrected chi connectivity index (χ0v) is 15.9. The zero-order chi connectivity index (χ0) is 19.8. The van der Waals surface area contributed by atoms with Crippen molar-refractivity contribution >= 4 is 17.5 Å². The summed E-state index contributed by atoms with van der Waals surface area (Å²) in [5.74, 6) is -0.00605. The second-order valence-corrected chi connectivity index (χ2v) is 6.58. The number of furan rings is 1. The topological polar surface area (TPSA) is 71.3 Å². The average molecular weight is 376 g/mol. The Kier molecular flexibility index (Phi) is 6.63. The minimum atomic E-state index is -0.293. The summed E-state index contributed by atoms with van der Waals surface area (Å²) in [4.78, 5) is 24.0. The van der Waals surface area contributed by atoms with Gasteiger partial charge in [0, 0.05) is 18.7 Å². The Morgan fingerprint density at radius 3 is 2.21 bits per heavy atom. The number of anilines is 1. The molecule has 0 radical (unpaired) electrons. The van der Waals surface area contributed by atoms with Gasteiger partial charge in [0.25, 0.3) is 5.91 Å². The van der Waals surface area contributed by atoms with Crippen molar-refractivity contribution in [1.82, 2.24) is 5.32 Å². The van der Waals surface area contributed by atoms with Gasteiger partial charge in [-0.05, 0) is 53.8 Å². The minimum absolute atomic E-state index is 0.0229. The van der Waals surface area contributed by atoms with E-state index in [2.05, 4.69) is 41.8 Å². The van der Waals surface area contributed by atoms with Crippen molar-refractivity contribution in [2.45, 2.75) is 32.7 Å². The molecule has 2 amide bonds. The van der Waals surface area contributed by atoms with Crippen LogP contribution in [0.15, 0.2) is 71.3 Å². The second kappa shape index (κ2) is 9.55. The summed E-state index contributed by atoms with van der Waals surface area (Å²) < 4.78 is 5.06. The molecule has 1 aromatic heterocycles. The van der Waals surface area contributed by atoms with E-state index in [9.17, 15) is 9.59 Å². The van der Waals surface area contributed by atoms with Gasteiger partial charge in [0.15, 0.2) is 5.76 Å². The van der Waals surface area contributed by atoms with E-state index in [4.69, 9.17) is 4.42 Å². The maximum absolute atomic E-state index is 12.1. The van der Waals surface area contributed by atoms with E-state index in [1.165, 1.54) is 17.4 Å². The number of hydrogen-bond donors (Lipinski definition) is 2. The molecule has 0 atom stereocenters. The molecule has 0 spiro atoms. The minimum Gasteiger partial charge on any atom is -0.459 e. The Balaban J connectivity index is 1.42. The van der Waals surface area contributed by atoms with Crippen LogP contribution in [0.4, 0.5) is 5.69 Å². The molecule has 0 saturated heterocycles. The maximum Gasteiger partial charge on any atom is 0.291 e. The van der Waals surface area contributed by atoms with Gasteiger partial charge in [-0.2, -0.15) is 0 Å². The number of carbonyl (C=O) groups is 2. The molecule has 3 aromatic rings. The van der Waals surface area contributed by atoms with Crippen LogP contribution in [0.3, 0.4) is 0 Å². The molecule has 28 heavy (non-hydrogen) atoms. The van der Waals surface area contributed by atoms with Gasteiger partial charge in [-0.3, -0.25) is 9.59 Å². The third kappa shape index (κ3) is 5.58. The molecule has 1 heterocycles. The summed E-state index contributed by atoms with van der Waals surface area (Å²) >= 11 is 0. The fourth-order valence-corrected chi connectivity index (χ4v) is 2.79. The third-order valence-corrected chi connectivity index (χ3v) is 4.52. The van der Waals surface area contributed by atoms with Crippen molar-refractivity contribution in [2.75, 3.05) is 5.32 Å². The first-order chi connectivity index (χ1) is 13.6. The molecule has 3 rings (SSSR count). The summed E-state index contributed by atoms with van der Waals surface area (Å²) in [6.45, 7) is 2.59. The van der Waals surface area contributed by atoms with Gasteiger partial charge in [0.1, 0.15) is 0 Å². The third-order valence-electron chi connectivity index (χ3n) is 4.52. The highest BCUT2D eigenvalue weighted by atomic mass is 16.3. The van der Waals surface area contributed by atoms with Gasteiger partial charge in [0.05, 0.1) is 6.26 Å². The van der Waals surface area contributed by atoms with Crippen LogP contribution in [0.5, 0.6) is 0 Å². The molecule has 0 fully saturated rings. The number of rotatable bonds is 8. The molecular weight excluding hydrogens is 352 g/mol. The molecule has 0 bridgehead atoms. The number of amides is 2. The highest BCUT2D eigenvalue weighted by Gasteiger charge is 2.08. The molecule has 5 heteroatoms. The molecule has 5 nitrogen and oxygen atoms in total. The Morgan fingerprint density at radius 1 is 0.893 bits per heavy atom. The lowest BCUT2D eigenvalue weighted by molar-refractivity contribution is -0.121. The molecular formula is C23H24N2O3. The fourth-order valence-electron chi connectivity index (χ4n) is 2.79. The van der Waals surface area contributed by atoms with Crippen LogP contribution in [0.25, 0.3) is 0 Å². The highest BCUT2D eigenvalue weighted by Crippen LogP contribution is 2.12. The first-order valence-corrected chi connectivity index (χ1v) is 9.42. The van der Waals surface area contributed by atoms with Crippen molar-refractivity contribution in [3.63, 3.8) is 0 Å². The monoisotopic (exact) mass is 376 g/mol. The summed E-state index contributed by atoms with van der Waals surface area (Å²) in [7, 11) is 0. The lowest BCUT2D eigenvalue weighted by atomic mass is 10.1. The Bertz CT molecular complexity index is 898. The summed E-state index contributed by atoms with van der Waals surface area (Å²) in [5.41, 5.74) is 4.12. The highest BCUT2D eigenvalue weighted by molar-refractivity contribution is 6.02. The predicted molar refractivity (Wildman–Crippen MR) is 109 cm³/mol. The Hall–Kier alpha value is -3.34. The van der Waals surface area contributed by atoms with Crippen LogP contribution in [-0.2, 0) is 24.2 Å². The normalized spacial score (nSPS) is 10.5. The summed E-state index contributed by atoms with van der Waals surface area (Å²) in [6, 6.07) is 19.0. The largest absolute Gasteiger partial charge is 0.459 e. The van der Waals surface area contributed by atoms with Crippen molar-refractivity contribution in [2.24, 2.45) is 0 Å². The van der Waals surface area contributed by atoms with Crippen molar-refractivity contribution in [1.29, 1.82) is 0 Å². The van der Waals surface area contributed by atoms with E-state index in [1.54, 1.807) is 24.3 Å². The quantitative estimate of drug-likeness (QED) is 0.614. The zero-order valence-electron chi connectivity index (χ0n) is 15.9. The van der Waals surface area contributed by atoms with Crippen LogP contribution in [0.1, 0.15) is 40.6 Å². The van der Waals surface area contributed by atoms with Gasteiger partial charge in [0.2, 0.25) is 5.91 Å². The molecule has 144 valence electrons. The number of nitrogens with one attached hydrogen (secondary N) is 2. The van der Waals surface area contributed by atoms with Crippen LogP contribution in [-0.4, -0.2) is 11.8 Å². The van der Waals surface area contributed by atoms with Gasteiger partial charge >= 0.3 is 0 Å². The smallest absolute Gasteiger partial charge is 0.291 e. The van der Waals surface area contributed by atoms with Crippen LogP contribution >= 0.6 is 0 Å². The predicted octanol–water partition coefficient (Wildman–Crippen LogP) is 4.34. The average Bonchev–Trinajstić information content (AvgIpc) is 3.27. The lowest BCUT2D eigenvalue weighted by Crippen LogP contribution is -2.23. The summed E-state index contributed by atoms with van der Waals surface area (Å²) in [6.07, 6.45) is 3.67. The first kappa shape index (κ1) is 19.4. The SMILES string of the molecule is CCc1ccc(CCC(=O)NCc2ccc(NC(=O)c3ccco3)cc2)cc1. The molecule has 0 aliphatic heterocycles. The molecule has 0 aliphatic rings. The number of benzene rings is 2. The Labute approximate surface area is 164 Å². The Morgan fingerprint density at radius 2 is 1.57 bits per heavy atom. The van der Waals surface area contributed by atoms with Gasteiger partial charge in [-0.15, -0.1) is 0 Å². The van der Waals surface area contributed by atoms with E-state index in [0.29, 0.717) is 18.7 Å². The van der Waals surface area contributed by atoms with E-state index < -0.39 is 0 Å². The van der Waals surface area contributed by atoms with Gasteiger partial charge in [-0.25, -0.2) is 0 Å². The fraction of sp³-hybridized carbons (Fsp3) is 0.217. The van der Waals surface area contributed by atoms with Crippen LogP contribution < -0.4 is 10.6 Å². The number of aryl methyl sites for hydroxylation is 2. The molecule has 2 aromatic carbocycles. The van der Waals surface area contributed by atoms with E-state index in [0.717, 1.165) is 18.4 Å². The van der Waals surface area contributed by atoms with Crippen molar-refractivity contribution < 1.29 is 14.0 Å². The summed E-state index contributed by atoms with van der Waals surface area (Å²) in [5, 5.41) is 5.70. The van der Waals surface area contributed by atoms with Crippen molar-refractivity contribution in [3.8, 4) is 0 Å². The molecule has 0 aliphatic carbocycles. The van der Waals surface area contributed by atoms with Crippen molar-refractivity contribution in [3.05, 3.63) is 89.4 Å². The second-order valence-electron chi connectivity index (χ2n) is 6.58. The van der Waals surface area contributed by atoms with E-state index in [1.807, 2.05) is 12.1 Å². The van der Waals surface area contributed by atoms with Crippen LogP contribution in [0.2, 0.25) is 0 Å². The number of carbonyl (C=O) groups excluding carboxylic acids is 2. The van der Waals surface area contributed by atoms with Gasteiger partial charge < -0.3 is 15.1 Å². The van der Waals surface area contributed by atoms with Crippen LogP contribution in [0, 0.1) is 0 Å². The lowest BCUT2D eigenvalue weighted by Gasteiger charge is -2.08. The van der Waals surface area contributed by atoms with E-state index in [-0.39, 0.29) is 17.6 Å². The molecule has 0 saturated carbocycles. The first-order valence-electron chi connectivity index (χ1n) is 9.42. The molecule has 0 unspecified atom stereocenters. The van der Waals surface area contributed by atoms with E-state index >= 15 is 0 Å². The van der Waals surface area contributed by atoms with Gasteiger partial charge in [-0.1, -0.05) is 43.3 Å².